The Balaban J connectivity index is 2.12. The molecule has 2 rings (SSSR count). The first-order valence-corrected chi connectivity index (χ1v) is 7.52. The number of carbonyl (C=O) groups is 1. The van der Waals surface area contributed by atoms with Crippen LogP contribution in [-0.2, 0) is 24.4 Å². The molecule has 0 aliphatic rings. The zero-order valence-corrected chi connectivity index (χ0v) is 13.7. The molecular formula is C17H23N3O3. The molecule has 0 fully saturated rings. The lowest BCUT2D eigenvalue weighted by molar-refractivity contribution is 0.0212. The third-order valence-corrected chi connectivity index (χ3v) is 3.13. The molecule has 1 aromatic heterocycles. The molecule has 0 saturated carbocycles. The van der Waals surface area contributed by atoms with E-state index in [1.807, 2.05) is 45.0 Å². The van der Waals surface area contributed by atoms with Crippen molar-refractivity contribution in [1.82, 2.24) is 14.9 Å². The molecule has 2 N–H and O–H groups in total. The van der Waals surface area contributed by atoms with Crippen LogP contribution in [0.4, 0.5) is 4.79 Å². The molecular weight excluding hydrogens is 294 g/mol. The van der Waals surface area contributed by atoms with E-state index >= 15 is 0 Å². The van der Waals surface area contributed by atoms with Crippen LogP contribution in [0.5, 0.6) is 0 Å². The van der Waals surface area contributed by atoms with Gasteiger partial charge in [-0.1, -0.05) is 24.3 Å². The second-order valence-corrected chi connectivity index (χ2v) is 6.35. The van der Waals surface area contributed by atoms with Gasteiger partial charge in [0.15, 0.2) is 0 Å². The van der Waals surface area contributed by atoms with Crippen LogP contribution >= 0.6 is 0 Å². The highest BCUT2D eigenvalue weighted by Crippen LogP contribution is 2.15. The van der Waals surface area contributed by atoms with Gasteiger partial charge in [0.05, 0.1) is 13.2 Å². The molecule has 0 spiro atoms. The van der Waals surface area contributed by atoms with Crippen LogP contribution in [0.2, 0.25) is 0 Å². The molecule has 0 aliphatic carbocycles. The third kappa shape index (κ3) is 5.41. The number of hydrogen-bond donors (Lipinski definition) is 2. The zero-order valence-electron chi connectivity index (χ0n) is 13.7. The summed E-state index contributed by atoms with van der Waals surface area (Å²) in [6, 6.07) is 7.47. The fraction of sp³-hybridized carbons (Fsp3) is 0.412. The van der Waals surface area contributed by atoms with Crippen LogP contribution in [-0.4, -0.2) is 31.7 Å². The van der Waals surface area contributed by atoms with Crippen LogP contribution in [0.1, 0.15) is 37.7 Å². The molecule has 0 unspecified atom stereocenters. The van der Waals surface area contributed by atoms with Crippen molar-refractivity contribution in [2.24, 2.45) is 0 Å². The standard InChI is InChI=1S/C17H23N3O3/c1-17(2,3)23-16(22)20(11-15-18-8-9-19-15)10-13-4-6-14(12-21)7-5-13/h4-9,21H,10-12H2,1-3H3,(H,18,19). The summed E-state index contributed by atoms with van der Waals surface area (Å²) in [6.45, 7) is 6.26. The van der Waals surface area contributed by atoms with Crippen LogP contribution in [0.25, 0.3) is 0 Å². The number of nitrogens with zero attached hydrogens (tertiary/aromatic N) is 2. The van der Waals surface area contributed by atoms with Gasteiger partial charge in [-0.2, -0.15) is 0 Å². The fourth-order valence-corrected chi connectivity index (χ4v) is 2.05. The van der Waals surface area contributed by atoms with Gasteiger partial charge >= 0.3 is 6.09 Å². The summed E-state index contributed by atoms with van der Waals surface area (Å²) < 4.78 is 5.47. The average molecular weight is 317 g/mol. The number of carbonyl (C=O) groups excluding carboxylic acids is 1. The van der Waals surface area contributed by atoms with Crippen molar-refractivity contribution in [3.05, 3.63) is 53.6 Å². The number of aromatic nitrogens is 2. The minimum absolute atomic E-state index is 0.00244. The molecule has 1 aromatic carbocycles. The van der Waals surface area contributed by atoms with E-state index in [4.69, 9.17) is 9.84 Å². The SMILES string of the molecule is CC(C)(C)OC(=O)N(Cc1ccc(CO)cc1)Cc1ncc[nH]1. The fourth-order valence-electron chi connectivity index (χ4n) is 2.05. The van der Waals surface area contributed by atoms with E-state index in [0.29, 0.717) is 18.9 Å². The summed E-state index contributed by atoms with van der Waals surface area (Å²) in [4.78, 5) is 21.2. The first-order chi connectivity index (χ1) is 10.9. The first kappa shape index (κ1) is 17.0. The molecule has 124 valence electrons. The number of H-pyrrole nitrogens is 1. The highest BCUT2D eigenvalue weighted by atomic mass is 16.6. The highest BCUT2D eigenvalue weighted by molar-refractivity contribution is 5.68. The number of hydrogen-bond acceptors (Lipinski definition) is 4. The summed E-state index contributed by atoms with van der Waals surface area (Å²) in [5.41, 5.74) is 1.24. The summed E-state index contributed by atoms with van der Waals surface area (Å²) in [5, 5.41) is 9.10. The Kier molecular flexibility index (Phi) is 5.39. The molecule has 0 aliphatic heterocycles. The van der Waals surface area contributed by atoms with Crippen molar-refractivity contribution in [1.29, 1.82) is 0 Å². The number of amides is 1. The Labute approximate surface area is 136 Å². The van der Waals surface area contributed by atoms with Crippen molar-refractivity contribution in [3.8, 4) is 0 Å². The summed E-state index contributed by atoms with van der Waals surface area (Å²) in [7, 11) is 0. The second-order valence-electron chi connectivity index (χ2n) is 6.35. The number of aromatic amines is 1. The predicted molar refractivity (Wildman–Crippen MR) is 86.4 cm³/mol. The molecule has 0 bridgehead atoms. The molecule has 23 heavy (non-hydrogen) atoms. The van der Waals surface area contributed by atoms with Crippen LogP contribution in [0.15, 0.2) is 36.7 Å². The molecule has 2 aromatic rings. The van der Waals surface area contributed by atoms with Crippen molar-refractivity contribution >= 4 is 6.09 Å². The maximum atomic E-state index is 12.4. The zero-order chi connectivity index (χ0) is 16.9. The van der Waals surface area contributed by atoms with Gasteiger partial charge in [0.2, 0.25) is 0 Å². The number of ether oxygens (including phenoxy) is 1. The minimum Gasteiger partial charge on any atom is -0.444 e. The molecule has 6 heteroatoms. The summed E-state index contributed by atoms with van der Waals surface area (Å²) >= 11 is 0. The average Bonchev–Trinajstić information content (AvgIpc) is 2.98. The lowest BCUT2D eigenvalue weighted by Crippen LogP contribution is -2.36. The Morgan fingerprint density at radius 1 is 1.22 bits per heavy atom. The quantitative estimate of drug-likeness (QED) is 0.889. The Morgan fingerprint density at radius 3 is 2.39 bits per heavy atom. The largest absolute Gasteiger partial charge is 0.444 e. The predicted octanol–water partition coefficient (Wildman–Crippen LogP) is 2.84. The Bertz CT molecular complexity index is 616. The van der Waals surface area contributed by atoms with Gasteiger partial charge in [-0.3, -0.25) is 4.90 Å². The van der Waals surface area contributed by atoms with Gasteiger partial charge in [0, 0.05) is 18.9 Å². The topological polar surface area (TPSA) is 78.4 Å². The smallest absolute Gasteiger partial charge is 0.410 e. The maximum Gasteiger partial charge on any atom is 0.410 e. The number of aliphatic hydroxyl groups excluding tert-OH is 1. The van der Waals surface area contributed by atoms with Gasteiger partial charge in [-0.15, -0.1) is 0 Å². The number of rotatable bonds is 5. The number of nitrogens with one attached hydrogen (secondary N) is 1. The lowest BCUT2D eigenvalue weighted by atomic mass is 10.1. The van der Waals surface area contributed by atoms with E-state index in [-0.39, 0.29) is 12.7 Å². The summed E-state index contributed by atoms with van der Waals surface area (Å²) in [5.74, 6) is 0.697. The summed E-state index contributed by atoms with van der Waals surface area (Å²) in [6.07, 6.45) is 2.98. The number of benzene rings is 1. The Hall–Kier alpha value is -2.34. The number of aliphatic hydroxyl groups is 1. The Morgan fingerprint density at radius 2 is 1.87 bits per heavy atom. The second kappa shape index (κ2) is 7.28. The maximum absolute atomic E-state index is 12.4. The van der Waals surface area contributed by atoms with Gasteiger partial charge < -0.3 is 14.8 Å². The van der Waals surface area contributed by atoms with Crippen LogP contribution in [0.3, 0.4) is 0 Å². The normalized spacial score (nSPS) is 11.3. The van der Waals surface area contributed by atoms with E-state index in [9.17, 15) is 4.79 Å². The number of imidazole rings is 1. The van der Waals surface area contributed by atoms with Crippen LogP contribution < -0.4 is 0 Å². The van der Waals surface area contributed by atoms with Crippen molar-refractivity contribution in [2.45, 2.75) is 46.1 Å². The minimum atomic E-state index is -0.556. The first-order valence-electron chi connectivity index (χ1n) is 7.52. The van der Waals surface area contributed by atoms with E-state index in [1.165, 1.54) is 0 Å². The van der Waals surface area contributed by atoms with Gasteiger partial charge in [-0.05, 0) is 31.9 Å². The monoisotopic (exact) mass is 317 g/mol. The van der Waals surface area contributed by atoms with Crippen molar-refractivity contribution in [2.75, 3.05) is 0 Å². The van der Waals surface area contributed by atoms with E-state index in [2.05, 4.69) is 9.97 Å². The molecule has 1 heterocycles. The molecule has 6 nitrogen and oxygen atoms in total. The van der Waals surface area contributed by atoms with E-state index < -0.39 is 5.60 Å². The van der Waals surface area contributed by atoms with Crippen molar-refractivity contribution < 1.29 is 14.6 Å². The highest BCUT2D eigenvalue weighted by Gasteiger charge is 2.23. The van der Waals surface area contributed by atoms with E-state index in [0.717, 1.165) is 11.1 Å². The molecule has 0 saturated heterocycles. The van der Waals surface area contributed by atoms with Gasteiger partial charge in [-0.25, -0.2) is 9.78 Å². The van der Waals surface area contributed by atoms with Crippen molar-refractivity contribution in [3.63, 3.8) is 0 Å². The van der Waals surface area contributed by atoms with Gasteiger partial charge in [0.1, 0.15) is 11.4 Å². The van der Waals surface area contributed by atoms with E-state index in [1.54, 1.807) is 17.3 Å². The van der Waals surface area contributed by atoms with Gasteiger partial charge in [0.25, 0.3) is 0 Å². The third-order valence-electron chi connectivity index (χ3n) is 3.13. The van der Waals surface area contributed by atoms with Crippen LogP contribution in [0, 0.1) is 0 Å². The molecule has 0 atom stereocenters. The molecule has 0 radical (unpaired) electrons. The lowest BCUT2D eigenvalue weighted by Gasteiger charge is -2.27. The molecule has 1 amide bonds.